The first-order valence-electron chi connectivity index (χ1n) is 14.2. The maximum Gasteiger partial charge on any atom is 0.338 e. The summed E-state index contributed by atoms with van der Waals surface area (Å²) in [4.78, 5) is 49.0. The Kier molecular flexibility index (Phi) is 7.28. The maximum absolute atomic E-state index is 14.6. The summed E-state index contributed by atoms with van der Waals surface area (Å²) >= 11 is 1.19. The topological polar surface area (TPSA) is 90.2 Å². The maximum atomic E-state index is 14.6. The zero-order chi connectivity index (χ0) is 29.5. The number of rotatable bonds is 7. The minimum absolute atomic E-state index is 0.174. The van der Waals surface area contributed by atoms with E-state index in [1.807, 2.05) is 74.5 Å². The molecule has 0 spiro atoms. The van der Waals surface area contributed by atoms with Gasteiger partial charge in [-0.3, -0.25) is 14.2 Å². The van der Waals surface area contributed by atoms with E-state index in [0.29, 0.717) is 56.0 Å². The normalized spacial score (nSPS) is 17.3. The molecular weight excluding hydrogens is 550 g/mol. The second-order valence-electron chi connectivity index (χ2n) is 10.1. The van der Waals surface area contributed by atoms with E-state index in [0.717, 1.165) is 22.9 Å². The van der Waals surface area contributed by atoms with Gasteiger partial charge in [0.15, 0.2) is 4.80 Å². The third kappa shape index (κ3) is 4.18. The summed E-state index contributed by atoms with van der Waals surface area (Å²) in [6.07, 6.45) is 1.25. The fourth-order valence-electron chi connectivity index (χ4n) is 5.99. The Bertz CT molecular complexity index is 1970. The minimum atomic E-state index is -0.869. The Morgan fingerprint density at radius 1 is 1.00 bits per heavy atom. The van der Waals surface area contributed by atoms with Gasteiger partial charge in [-0.1, -0.05) is 73.2 Å². The zero-order valence-corrected chi connectivity index (χ0v) is 24.8. The number of thiazole rings is 1. The van der Waals surface area contributed by atoms with E-state index in [1.165, 1.54) is 11.3 Å². The van der Waals surface area contributed by atoms with Gasteiger partial charge in [0.05, 0.1) is 36.2 Å². The van der Waals surface area contributed by atoms with E-state index in [2.05, 4.69) is 0 Å². The van der Waals surface area contributed by atoms with Gasteiger partial charge in [0.1, 0.15) is 16.3 Å². The molecule has 1 amide bonds. The fraction of sp³-hybridized carbons (Fsp3) is 0.273. The lowest BCUT2D eigenvalue weighted by Gasteiger charge is -2.28. The molecule has 0 aliphatic carbocycles. The number of ether oxygens (including phenoxy) is 2. The van der Waals surface area contributed by atoms with Crippen LogP contribution in [0.5, 0.6) is 5.75 Å². The van der Waals surface area contributed by atoms with Gasteiger partial charge >= 0.3 is 5.97 Å². The number of nitrogens with zero attached hydrogens (tertiary/aromatic N) is 3. The quantitative estimate of drug-likeness (QED) is 0.301. The van der Waals surface area contributed by atoms with Gasteiger partial charge in [0, 0.05) is 17.7 Å². The third-order valence-electron chi connectivity index (χ3n) is 7.76. The summed E-state index contributed by atoms with van der Waals surface area (Å²) in [6, 6.07) is 18.3. The summed E-state index contributed by atoms with van der Waals surface area (Å²) in [5, 5.41) is 1.79. The molecule has 9 heteroatoms. The van der Waals surface area contributed by atoms with Crippen molar-refractivity contribution in [3.8, 4) is 5.75 Å². The van der Waals surface area contributed by atoms with Gasteiger partial charge in [-0.05, 0) is 43.2 Å². The number of aromatic nitrogens is 1. The van der Waals surface area contributed by atoms with Crippen LogP contribution in [0, 0.1) is 0 Å². The molecule has 0 saturated heterocycles. The number of allylic oxidation sites excluding steroid dienone is 1. The molecule has 0 radical (unpaired) electrons. The SMILES string of the molecule is CCCC1=C(C(=O)OCC)[C@H](c2c(OC)ccc3ccccc23)n2c(s/c(=C3/C(=O)N(CC)c4ccccc43)c2=O)=N1. The van der Waals surface area contributed by atoms with Crippen LogP contribution in [0.3, 0.4) is 0 Å². The fourth-order valence-corrected chi connectivity index (χ4v) is 7.10. The Balaban J connectivity index is 1.75. The van der Waals surface area contributed by atoms with E-state index in [1.54, 1.807) is 23.5 Å². The lowest BCUT2D eigenvalue weighted by atomic mass is 9.90. The van der Waals surface area contributed by atoms with Crippen LogP contribution < -0.4 is 24.5 Å². The average Bonchev–Trinajstić information content (AvgIpc) is 3.47. The van der Waals surface area contributed by atoms with E-state index in [9.17, 15) is 14.4 Å². The first-order valence-corrected chi connectivity index (χ1v) is 15.0. The van der Waals surface area contributed by atoms with Crippen LogP contribution >= 0.6 is 11.3 Å². The molecule has 0 N–H and O–H groups in total. The van der Waals surface area contributed by atoms with E-state index in [-0.39, 0.29) is 18.1 Å². The van der Waals surface area contributed by atoms with Crippen LogP contribution in [0.15, 0.2) is 81.7 Å². The second-order valence-corrected chi connectivity index (χ2v) is 11.1. The molecule has 42 heavy (non-hydrogen) atoms. The molecule has 3 heterocycles. The second kappa shape index (κ2) is 11.1. The Hall–Kier alpha value is -4.50. The highest BCUT2D eigenvalue weighted by molar-refractivity contribution is 7.07. The standard InChI is InChI=1S/C33H31N3O5S/c1-5-12-22-27(32(39)41-7-3)28(25-20-14-9-8-13-19(20)17-18-24(25)40-4)36-31(38)29(42-33(36)34-22)26-21-15-10-11-16-23(21)35(6-2)30(26)37/h8-11,13-18,28H,5-7,12H2,1-4H3/b29-26+/t28-/m0/s1. The number of anilines is 1. The summed E-state index contributed by atoms with van der Waals surface area (Å²) < 4.78 is 13.3. The van der Waals surface area contributed by atoms with Gasteiger partial charge in [-0.15, -0.1) is 0 Å². The number of para-hydroxylation sites is 1. The first kappa shape index (κ1) is 27.7. The number of methoxy groups -OCH3 is 1. The molecule has 1 aromatic heterocycles. The van der Waals surface area contributed by atoms with Gasteiger partial charge in [-0.2, -0.15) is 0 Å². The number of carbonyl (C=O) groups excluding carboxylic acids is 2. The van der Waals surface area contributed by atoms with Gasteiger partial charge in [0.25, 0.3) is 11.5 Å². The number of likely N-dealkylation sites (N-methyl/N-ethyl adjacent to an activating group) is 1. The van der Waals surface area contributed by atoms with Gasteiger partial charge in [0.2, 0.25) is 0 Å². The molecule has 2 aliphatic rings. The van der Waals surface area contributed by atoms with Crippen molar-refractivity contribution in [2.24, 2.45) is 4.99 Å². The number of fused-ring (bicyclic) bond motifs is 3. The van der Waals surface area contributed by atoms with E-state index >= 15 is 0 Å². The molecule has 3 aromatic carbocycles. The van der Waals surface area contributed by atoms with E-state index in [4.69, 9.17) is 14.5 Å². The summed E-state index contributed by atoms with van der Waals surface area (Å²) in [5.74, 6) is -0.209. The number of hydrogen-bond acceptors (Lipinski definition) is 7. The summed E-state index contributed by atoms with van der Waals surface area (Å²) in [5.41, 5.74) is 3.02. The van der Waals surface area contributed by atoms with Crippen molar-refractivity contribution in [3.63, 3.8) is 0 Å². The van der Waals surface area contributed by atoms with Gasteiger partial charge < -0.3 is 14.4 Å². The monoisotopic (exact) mass is 581 g/mol. The van der Waals surface area contributed by atoms with Crippen molar-refractivity contribution >= 4 is 45.2 Å². The third-order valence-corrected chi connectivity index (χ3v) is 8.81. The van der Waals surface area contributed by atoms with Crippen molar-refractivity contribution in [1.82, 2.24) is 4.57 Å². The molecule has 4 aromatic rings. The number of carbonyl (C=O) groups is 2. The van der Waals surface area contributed by atoms with Crippen molar-refractivity contribution in [2.45, 2.75) is 39.7 Å². The Morgan fingerprint density at radius 3 is 2.50 bits per heavy atom. The molecule has 8 nitrogen and oxygen atoms in total. The highest BCUT2D eigenvalue weighted by Gasteiger charge is 2.39. The van der Waals surface area contributed by atoms with Crippen LogP contribution in [0.1, 0.15) is 50.8 Å². The van der Waals surface area contributed by atoms with Crippen molar-refractivity contribution in [2.75, 3.05) is 25.2 Å². The Morgan fingerprint density at radius 2 is 1.76 bits per heavy atom. The van der Waals surface area contributed by atoms with Crippen LogP contribution in [0.4, 0.5) is 5.69 Å². The number of benzene rings is 3. The van der Waals surface area contributed by atoms with Crippen LogP contribution in [-0.4, -0.2) is 36.7 Å². The predicted octanol–water partition coefficient (Wildman–Crippen LogP) is 4.48. The highest BCUT2D eigenvalue weighted by Crippen LogP contribution is 2.41. The predicted molar refractivity (Wildman–Crippen MR) is 164 cm³/mol. The van der Waals surface area contributed by atoms with Crippen LogP contribution in [-0.2, 0) is 14.3 Å². The molecule has 1 atom stereocenters. The lowest BCUT2D eigenvalue weighted by Crippen LogP contribution is -2.41. The molecule has 0 unspecified atom stereocenters. The Labute approximate surface area is 246 Å². The molecule has 6 rings (SSSR count). The van der Waals surface area contributed by atoms with Gasteiger partial charge in [-0.25, -0.2) is 9.79 Å². The number of hydrogen-bond donors (Lipinski definition) is 0. The molecule has 214 valence electrons. The zero-order valence-electron chi connectivity index (χ0n) is 24.0. The molecule has 0 saturated carbocycles. The van der Waals surface area contributed by atoms with E-state index < -0.39 is 12.0 Å². The molecule has 0 fully saturated rings. The smallest absolute Gasteiger partial charge is 0.338 e. The summed E-state index contributed by atoms with van der Waals surface area (Å²) in [7, 11) is 1.58. The average molecular weight is 582 g/mol. The number of amides is 1. The van der Waals surface area contributed by atoms with Crippen LogP contribution in [0.25, 0.3) is 16.3 Å². The largest absolute Gasteiger partial charge is 0.496 e. The molecule has 2 aliphatic heterocycles. The summed E-state index contributed by atoms with van der Waals surface area (Å²) in [6.45, 7) is 6.33. The highest BCUT2D eigenvalue weighted by atomic mass is 32.1. The molecular formula is C33H31N3O5S. The number of esters is 1. The first-order chi connectivity index (χ1) is 20.4. The molecule has 0 bridgehead atoms. The van der Waals surface area contributed by atoms with Crippen molar-refractivity contribution in [1.29, 1.82) is 0 Å². The van der Waals surface area contributed by atoms with Crippen molar-refractivity contribution < 1.29 is 19.1 Å². The van der Waals surface area contributed by atoms with Crippen LogP contribution in [0.2, 0.25) is 0 Å². The minimum Gasteiger partial charge on any atom is -0.496 e. The van der Waals surface area contributed by atoms with Crippen molar-refractivity contribution in [3.05, 3.63) is 103 Å². The lowest BCUT2D eigenvalue weighted by molar-refractivity contribution is -0.139.